The Hall–Kier alpha value is -1.71. The van der Waals surface area contributed by atoms with Gasteiger partial charge in [0.1, 0.15) is 5.52 Å². The van der Waals surface area contributed by atoms with Crippen molar-refractivity contribution in [2.24, 2.45) is 7.05 Å². The number of thiazole rings is 1. The number of rotatable bonds is 6. The van der Waals surface area contributed by atoms with E-state index >= 15 is 0 Å². The number of hydrogen-bond acceptors (Lipinski definition) is 6. The molecule has 3 heterocycles. The fourth-order valence-electron chi connectivity index (χ4n) is 3.38. The number of morpholine rings is 1. The average molecular weight is 470 g/mol. The van der Waals surface area contributed by atoms with Crippen LogP contribution in [0.3, 0.4) is 0 Å². The summed E-state index contributed by atoms with van der Waals surface area (Å²) in [5, 5.41) is 5.63. The number of para-hydroxylation sites is 1. The summed E-state index contributed by atoms with van der Waals surface area (Å²) in [5.74, 6) is -0.133. The van der Waals surface area contributed by atoms with Gasteiger partial charge in [-0.1, -0.05) is 29.0 Å². The molecule has 0 atom stereocenters. The molecule has 0 radical (unpaired) electrons. The van der Waals surface area contributed by atoms with E-state index in [0.717, 1.165) is 55.2 Å². The van der Waals surface area contributed by atoms with E-state index in [4.69, 9.17) is 16.3 Å². The smallest absolute Gasteiger partial charge is 0.280 e. The van der Waals surface area contributed by atoms with Gasteiger partial charge in [0, 0.05) is 38.9 Å². The lowest BCUT2D eigenvalue weighted by atomic mass is 10.3. The third kappa shape index (κ3) is 4.95. The summed E-state index contributed by atoms with van der Waals surface area (Å²) in [4.78, 5) is 22.1. The van der Waals surface area contributed by atoms with Gasteiger partial charge >= 0.3 is 0 Å². The first-order chi connectivity index (χ1) is 14.0. The highest BCUT2D eigenvalue weighted by atomic mass is 35.5. The lowest BCUT2D eigenvalue weighted by Crippen LogP contribution is -2.39. The molecule has 1 aromatic carbocycles. The summed E-state index contributed by atoms with van der Waals surface area (Å²) in [6.07, 6.45) is 0.848. The van der Waals surface area contributed by atoms with Crippen molar-refractivity contribution in [3.8, 4) is 0 Å². The Bertz CT molecular complexity index is 996. The van der Waals surface area contributed by atoms with Gasteiger partial charge in [-0.25, -0.2) is 4.98 Å². The van der Waals surface area contributed by atoms with Gasteiger partial charge < -0.3 is 4.74 Å². The van der Waals surface area contributed by atoms with Gasteiger partial charge in [-0.05, 0) is 31.5 Å². The zero-order valence-corrected chi connectivity index (χ0v) is 19.4. The molecule has 2 aromatic heterocycles. The maximum atomic E-state index is 13.3. The van der Waals surface area contributed by atoms with Crippen molar-refractivity contribution < 1.29 is 9.53 Å². The first-order valence-electron chi connectivity index (χ1n) is 9.70. The van der Waals surface area contributed by atoms with Gasteiger partial charge in [0.25, 0.3) is 5.91 Å². The maximum Gasteiger partial charge on any atom is 0.280 e. The standard InChI is InChI=1S/C20H24ClN5O2S.ClH/c1-14-13-16(23-24(14)2)19(27)26(8-4-7-25-9-11-28-12-10-25)20-22-18-15(21)5-3-6-17(18)29-20;/h3,5-6,13H,4,7-12H2,1-2H3;1H. The van der Waals surface area contributed by atoms with E-state index in [9.17, 15) is 4.79 Å². The highest BCUT2D eigenvalue weighted by molar-refractivity contribution is 7.22. The minimum Gasteiger partial charge on any atom is -0.379 e. The summed E-state index contributed by atoms with van der Waals surface area (Å²) in [6.45, 7) is 6.83. The summed E-state index contributed by atoms with van der Waals surface area (Å²) in [5.41, 5.74) is 2.10. The lowest BCUT2D eigenvalue weighted by Gasteiger charge is -2.27. The molecule has 1 aliphatic heterocycles. The van der Waals surface area contributed by atoms with Gasteiger partial charge in [0.2, 0.25) is 0 Å². The maximum absolute atomic E-state index is 13.3. The number of fused-ring (bicyclic) bond motifs is 1. The highest BCUT2D eigenvalue weighted by Crippen LogP contribution is 2.33. The molecule has 7 nitrogen and oxygen atoms in total. The number of carbonyl (C=O) groups excluding carboxylic acids is 1. The monoisotopic (exact) mass is 469 g/mol. The van der Waals surface area contributed by atoms with E-state index in [1.54, 1.807) is 9.58 Å². The molecule has 30 heavy (non-hydrogen) atoms. The number of aryl methyl sites for hydroxylation is 2. The van der Waals surface area contributed by atoms with Gasteiger partial charge in [-0.2, -0.15) is 5.10 Å². The predicted molar refractivity (Wildman–Crippen MR) is 123 cm³/mol. The largest absolute Gasteiger partial charge is 0.379 e. The summed E-state index contributed by atoms with van der Waals surface area (Å²) >= 11 is 7.79. The summed E-state index contributed by atoms with van der Waals surface area (Å²) < 4.78 is 8.10. The number of carbonyl (C=O) groups is 1. The second-order valence-corrected chi connectivity index (χ2v) is 8.56. The second kappa shape index (κ2) is 10.1. The number of aromatic nitrogens is 3. The molecule has 0 saturated carbocycles. The molecule has 0 N–H and O–H groups in total. The second-order valence-electron chi connectivity index (χ2n) is 7.14. The van der Waals surface area contributed by atoms with Crippen molar-refractivity contribution >= 4 is 56.6 Å². The Morgan fingerprint density at radius 2 is 2.10 bits per heavy atom. The van der Waals surface area contributed by atoms with Crippen LogP contribution < -0.4 is 4.90 Å². The van der Waals surface area contributed by atoms with Crippen LogP contribution in [0, 0.1) is 6.92 Å². The molecular formula is C20H25Cl2N5O2S. The van der Waals surface area contributed by atoms with Crippen molar-refractivity contribution in [3.63, 3.8) is 0 Å². The van der Waals surface area contributed by atoms with E-state index in [2.05, 4.69) is 15.0 Å². The molecule has 0 spiro atoms. The van der Waals surface area contributed by atoms with E-state index in [-0.39, 0.29) is 18.3 Å². The number of ether oxygens (including phenoxy) is 1. The predicted octanol–water partition coefficient (Wildman–Crippen LogP) is 3.78. The Labute approximate surface area is 191 Å². The SMILES string of the molecule is Cc1cc(C(=O)N(CCCN2CCOCC2)c2nc3c(Cl)cccc3s2)nn1C.Cl. The molecule has 1 fully saturated rings. The van der Waals surface area contributed by atoms with Crippen LogP contribution in [0.25, 0.3) is 10.2 Å². The molecule has 0 aliphatic carbocycles. The van der Waals surface area contributed by atoms with Crippen LogP contribution >= 0.6 is 35.3 Å². The summed E-state index contributed by atoms with van der Waals surface area (Å²) in [7, 11) is 1.84. The molecule has 0 bridgehead atoms. The fraction of sp³-hybridized carbons (Fsp3) is 0.450. The summed E-state index contributed by atoms with van der Waals surface area (Å²) in [6, 6.07) is 7.51. The molecule has 3 aromatic rings. The number of hydrogen-bond donors (Lipinski definition) is 0. The first-order valence-corrected chi connectivity index (χ1v) is 10.9. The van der Waals surface area contributed by atoms with Gasteiger partial charge in [0.15, 0.2) is 10.8 Å². The third-order valence-electron chi connectivity index (χ3n) is 5.13. The van der Waals surface area contributed by atoms with E-state index in [0.29, 0.717) is 22.4 Å². The number of amides is 1. The Morgan fingerprint density at radius 1 is 1.33 bits per heavy atom. The Balaban J connectivity index is 0.00000256. The number of anilines is 1. The quantitative estimate of drug-likeness (QED) is 0.549. The molecule has 4 rings (SSSR count). The number of halogens is 2. The van der Waals surface area contributed by atoms with Crippen molar-refractivity contribution in [1.29, 1.82) is 0 Å². The van der Waals surface area contributed by atoms with E-state index in [1.807, 2.05) is 38.2 Å². The van der Waals surface area contributed by atoms with Crippen LogP contribution in [-0.4, -0.2) is 65.0 Å². The molecule has 0 unspecified atom stereocenters. The fourth-order valence-corrected chi connectivity index (χ4v) is 4.67. The van der Waals surface area contributed by atoms with Crippen LogP contribution in [0.5, 0.6) is 0 Å². The van der Waals surface area contributed by atoms with Gasteiger partial charge in [-0.15, -0.1) is 12.4 Å². The minimum atomic E-state index is -0.133. The van der Waals surface area contributed by atoms with Gasteiger partial charge in [0.05, 0.1) is 22.9 Å². The van der Waals surface area contributed by atoms with E-state index < -0.39 is 0 Å². The van der Waals surface area contributed by atoms with Crippen molar-refractivity contribution in [2.75, 3.05) is 44.3 Å². The zero-order chi connectivity index (χ0) is 20.4. The van der Waals surface area contributed by atoms with Crippen molar-refractivity contribution in [2.45, 2.75) is 13.3 Å². The molecule has 10 heteroatoms. The average Bonchev–Trinajstić information content (AvgIpc) is 3.30. The highest BCUT2D eigenvalue weighted by Gasteiger charge is 2.24. The van der Waals surface area contributed by atoms with Gasteiger partial charge in [-0.3, -0.25) is 19.3 Å². The van der Waals surface area contributed by atoms with Crippen LogP contribution in [0.4, 0.5) is 5.13 Å². The Morgan fingerprint density at radius 3 is 2.77 bits per heavy atom. The lowest BCUT2D eigenvalue weighted by molar-refractivity contribution is 0.0376. The van der Waals surface area contributed by atoms with E-state index in [1.165, 1.54) is 11.3 Å². The van der Waals surface area contributed by atoms with Crippen molar-refractivity contribution in [1.82, 2.24) is 19.7 Å². The van der Waals surface area contributed by atoms with Crippen LogP contribution in [0.1, 0.15) is 22.6 Å². The first kappa shape index (κ1) is 23.0. The molecule has 1 aliphatic rings. The molecular weight excluding hydrogens is 445 g/mol. The van der Waals surface area contributed by atoms with Crippen LogP contribution in [0.2, 0.25) is 5.02 Å². The number of benzene rings is 1. The Kier molecular flexibility index (Phi) is 7.70. The normalized spacial score (nSPS) is 14.6. The molecule has 1 amide bonds. The zero-order valence-electron chi connectivity index (χ0n) is 17.0. The van der Waals surface area contributed by atoms with Crippen molar-refractivity contribution in [3.05, 3.63) is 40.7 Å². The van der Waals surface area contributed by atoms with Crippen LogP contribution in [0.15, 0.2) is 24.3 Å². The topological polar surface area (TPSA) is 63.5 Å². The molecule has 1 saturated heterocycles. The molecule has 162 valence electrons. The van der Waals surface area contributed by atoms with Crippen LogP contribution in [-0.2, 0) is 11.8 Å². The minimum absolute atomic E-state index is 0. The third-order valence-corrected chi connectivity index (χ3v) is 6.48. The number of nitrogens with zero attached hydrogens (tertiary/aromatic N) is 5.